The first-order chi connectivity index (χ1) is 12.9. The summed E-state index contributed by atoms with van der Waals surface area (Å²) in [6, 6.07) is 39.4. The van der Waals surface area contributed by atoms with Crippen LogP contribution in [0.15, 0.2) is 129 Å². The Morgan fingerprint density at radius 3 is 1.27 bits per heavy atom. The third-order valence-electron chi connectivity index (χ3n) is 4.90. The molecule has 0 saturated carbocycles. The Morgan fingerprint density at radius 1 is 0.423 bits per heavy atom. The number of rotatable bonds is 2. The number of para-hydroxylation sites is 2. The Kier molecular flexibility index (Phi) is 3.58. The van der Waals surface area contributed by atoms with Crippen molar-refractivity contribution in [3.05, 3.63) is 109 Å². The van der Waals surface area contributed by atoms with Gasteiger partial charge in [0.05, 0.1) is 11.4 Å². The molecule has 1 aliphatic heterocycles. The van der Waals surface area contributed by atoms with Crippen molar-refractivity contribution in [2.24, 2.45) is 0 Å². The minimum atomic E-state index is -1.54. The number of fused-ring (bicyclic) bond motifs is 2. The van der Waals surface area contributed by atoms with Gasteiger partial charge in [-0.05, 0) is 48.5 Å². The van der Waals surface area contributed by atoms with Crippen LogP contribution in [0.25, 0.3) is 0 Å². The minimum Gasteiger partial charge on any atom is -0.354 e. The van der Waals surface area contributed by atoms with Crippen LogP contribution in [0, 0.1) is 0 Å². The predicted octanol–water partition coefficient (Wildman–Crippen LogP) is 7.08. The lowest BCUT2D eigenvalue weighted by atomic mass is 10.2. The van der Waals surface area contributed by atoms with E-state index in [4.69, 9.17) is 0 Å². The largest absolute Gasteiger partial charge is 0.354 e. The molecule has 1 N–H and O–H groups in total. The first-order valence-electron chi connectivity index (χ1n) is 8.79. The Morgan fingerprint density at radius 2 is 0.808 bits per heavy atom. The maximum atomic E-state index is 3.66. The highest BCUT2D eigenvalue weighted by molar-refractivity contribution is 8.34. The van der Waals surface area contributed by atoms with E-state index in [9.17, 15) is 0 Å². The van der Waals surface area contributed by atoms with E-state index in [-0.39, 0.29) is 0 Å². The van der Waals surface area contributed by atoms with Crippen molar-refractivity contribution >= 4 is 21.4 Å². The molecule has 4 aromatic carbocycles. The molecule has 0 amide bonds. The average Bonchev–Trinajstić information content (AvgIpc) is 2.73. The second-order valence-electron chi connectivity index (χ2n) is 6.36. The molecular formula is C24H19NS. The van der Waals surface area contributed by atoms with Crippen molar-refractivity contribution in [1.82, 2.24) is 0 Å². The molecule has 0 unspecified atom stereocenters. The molecule has 0 aromatic heterocycles. The molecule has 4 aromatic rings. The summed E-state index contributed by atoms with van der Waals surface area (Å²) in [6.45, 7) is 0. The summed E-state index contributed by atoms with van der Waals surface area (Å²) in [5.74, 6) is 0. The van der Waals surface area contributed by atoms with Crippen molar-refractivity contribution in [1.29, 1.82) is 0 Å². The van der Waals surface area contributed by atoms with Crippen molar-refractivity contribution in [3.8, 4) is 0 Å². The van der Waals surface area contributed by atoms with Crippen LogP contribution in [0.3, 0.4) is 0 Å². The standard InChI is InChI=1S/C24H19NS/c1-3-11-19(12-4-1)26(20-13-5-2-6-14-20)23-17-9-7-15-21(23)25-22-16-8-10-18-24(22)26/h1-18,25H. The number of hydrogen-bond acceptors (Lipinski definition) is 1. The Hall–Kier alpha value is -2.97. The van der Waals surface area contributed by atoms with Gasteiger partial charge in [-0.1, -0.05) is 60.7 Å². The molecule has 0 aliphatic carbocycles. The van der Waals surface area contributed by atoms with Gasteiger partial charge in [0.2, 0.25) is 0 Å². The third kappa shape index (κ3) is 2.12. The Balaban J connectivity index is 1.97. The fourth-order valence-corrected chi connectivity index (χ4v) is 7.95. The quantitative estimate of drug-likeness (QED) is 0.357. The smallest absolute Gasteiger partial charge is 0.0517 e. The SMILES string of the molecule is c1ccc(S2(c3ccccc3)c3ccccc3Nc3ccccc32)cc1. The molecule has 26 heavy (non-hydrogen) atoms. The molecule has 1 aliphatic rings. The maximum Gasteiger partial charge on any atom is 0.0517 e. The van der Waals surface area contributed by atoms with Crippen LogP contribution in [0.5, 0.6) is 0 Å². The highest BCUT2D eigenvalue weighted by Crippen LogP contribution is 2.77. The zero-order chi connectivity index (χ0) is 17.4. The first-order valence-corrected chi connectivity index (χ1v) is 10.4. The number of benzene rings is 4. The Bertz CT molecular complexity index is 971. The van der Waals surface area contributed by atoms with Crippen molar-refractivity contribution in [2.45, 2.75) is 19.6 Å². The van der Waals surface area contributed by atoms with E-state index in [0.29, 0.717) is 0 Å². The van der Waals surface area contributed by atoms with Gasteiger partial charge in [0.25, 0.3) is 0 Å². The van der Waals surface area contributed by atoms with Crippen LogP contribution in [0.1, 0.15) is 0 Å². The van der Waals surface area contributed by atoms with E-state index < -0.39 is 10.0 Å². The molecule has 1 heterocycles. The van der Waals surface area contributed by atoms with E-state index in [1.807, 2.05) is 0 Å². The van der Waals surface area contributed by atoms with Gasteiger partial charge in [-0.3, -0.25) is 0 Å². The number of hydrogen-bond donors (Lipinski definition) is 1. The molecule has 126 valence electrons. The van der Waals surface area contributed by atoms with E-state index >= 15 is 0 Å². The summed E-state index contributed by atoms with van der Waals surface area (Å²) in [7, 11) is -1.54. The van der Waals surface area contributed by atoms with Crippen molar-refractivity contribution < 1.29 is 0 Å². The predicted molar refractivity (Wildman–Crippen MR) is 110 cm³/mol. The van der Waals surface area contributed by atoms with Gasteiger partial charge in [-0.25, -0.2) is 0 Å². The summed E-state index contributed by atoms with van der Waals surface area (Å²) in [6.07, 6.45) is 0. The first kappa shape index (κ1) is 15.3. The molecule has 0 radical (unpaired) electrons. The molecular weight excluding hydrogens is 334 g/mol. The van der Waals surface area contributed by atoms with Gasteiger partial charge in [0.15, 0.2) is 0 Å². The normalized spacial score (nSPS) is 15.2. The summed E-state index contributed by atoms with van der Waals surface area (Å²) < 4.78 is 0. The van der Waals surface area contributed by atoms with Crippen LogP contribution in [-0.2, 0) is 0 Å². The van der Waals surface area contributed by atoms with Gasteiger partial charge in [-0.15, -0.1) is 10.0 Å². The summed E-state index contributed by atoms with van der Waals surface area (Å²) in [4.78, 5) is 5.48. The topological polar surface area (TPSA) is 12.0 Å². The monoisotopic (exact) mass is 353 g/mol. The molecule has 2 heteroatoms. The fraction of sp³-hybridized carbons (Fsp3) is 0. The second kappa shape index (κ2) is 6.08. The lowest BCUT2D eigenvalue weighted by Gasteiger charge is -2.46. The fourth-order valence-electron chi connectivity index (χ4n) is 3.83. The van der Waals surface area contributed by atoms with E-state index in [2.05, 4.69) is 115 Å². The van der Waals surface area contributed by atoms with E-state index in [1.54, 1.807) is 0 Å². The van der Waals surface area contributed by atoms with Crippen LogP contribution >= 0.6 is 10.0 Å². The third-order valence-corrected chi connectivity index (χ3v) is 8.89. The Labute approximate surface area is 155 Å². The summed E-state index contributed by atoms with van der Waals surface area (Å²) >= 11 is 0. The molecule has 1 nitrogen and oxygen atoms in total. The zero-order valence-corrected chi connectivity index (χ0v) is 15.1. The van der Waals surface area contributed by atoms with Crippen LogP contribution in [0.4, 0.5) is 11.4 Å². The molecule has 0 saturated heterocycles. The summed E-state index contributed by atoms with van der Waals surface area (Å²) in [5.41, 5.74) is 2.41. The minimum absolute atomic E-state index is 1.20. The zero-order valence-electron chi connectivity index (χ0n) is 14.3. The molecule has 0 fully saturated rings. The number of nitrogens with one attached hydrogen (secondary N) is 1. The molecule has 0 atom stereocenters. The van der Waals surface area contributed by atoms with Gasteiger partial charge in [-0.2, -0.15) is 0 Å². The van der Waals surface area contributed by atoms with Crippen LogP contribution < -0.4 is 5.32 Å². The lowest BCUT2D eigenvalue weighted by molar-refractivity contribution is 1.20. The van der Waals surface area contributed by atoms with Crippen LogP contribution in [-0.4, -0.2) is 0 Å². The van der Waals surface area contributed by atoms with Crippen LogP contribution in [0.2, 0.25) is 0 Å². The van der Waals surface area contributed by atoms with Gasteiger partial charge >= 0.3 is 0 Å². The van der Waals surface area contributed by atoms with E-state index in [1.165, 1.54) is 31.0 Å². The van der Waals surface area contributed by atoms with Gasteiger partial charge in [0, 0.05) is 19.6 Å². The van der Waals surface area contributed by atoms with Gasteiger partial charge in [0.1, 0.15) is 0 Å². The molecule has 0 bridgehead atoms. The highest BCUT2D eigenvalue weighted by Gasteiger charge is 2.39. The molecule has 5 rings (SSSR count). The average molecular weight is 353 g/mol. The number of anilines is 2. The van der Waals surface area contributed by atoms with E-state index in [0.717, 1.165) is 0 Å². The van der Waals surface area contributed by atoms with Crippen molar-refractivity contribution in [3.63, 3.8) is 0 Å². The van der Waals surface area contributed by atoms with Crippen molar-refractivity contribution in [2.75, 3.05) is 5.32 Å². The maximum absolute atomic E-state index is 3.66. The second-order valence-corrected chi connectivity index (χ2v) is 9.40. The highest BCUT2D eigenvalue weighted by atomic mass is 32.3. The lowest BCUT2D eigenvalue weighted by Crippen LogP contribution is -2.13. The summed E-state index contributed by atoms with van der Waals surface area (Å²) in [5, 5.41) is 3.66. The van der Waals surface area contributed by atoms with Gasteiger partial charge < -0.3 is 5.32 Å². The molecule has 0 spiro atoms.